The molecule has 0 saturated carbocycles. The second kappa shape index (κ2) is 9.41. The topological polar surface area (TPSA) is 102 Å². The van der Waals surface area contributed by atoms with E-state index in [1.54, 1.807) is 28.4 Å². The maximum atomic E-state index is 11.5. The Hall–Kier alpha value is -0.0831. The number of nitrogens with zero attached hydrogens (tertiary/aromatic N) is 2. The standard InChI is InChI=1S/C11H28N2O7S2Si/c1-12(8-7-11-23(18-2,19-3)20-4)9-10-13(21(5,14)15)22(6,16)17/h7-11H2,1-6H3. The zero-order chi connectivity index (χ0) is 18.3. The van der Waals surface area contributed by atoms with Crippen LogP contribution >= 0.6 is 0 Å². The molecule has 0 bridgehead atoms. The highest BCUT2D eigenvalue weighted by Crippen LogP contribution is 2.15. The van der Waals surface area contributed by atoms with Gasteiger partial charge in [-0.3, -0.25) is 0 Å². The fourth-order valence-corrected chi connectivity index (χ4v) is 6.56. The van der Waals surface area contributed by atoms with Crippen LogP contribution in [0.2, 0.25) is 6.04 Å². The van der Waals surface area contributed by atoms with E-state index < -0.39 is 28.9 Å². The summed E-state index contributed by atoms with van der Waals surface area (Å²) in [5, 5.41) is 0. The summed E-state index contributed by atoms with van der Waals surface area (Å²) in [5.74, 6) is 0. The maximum absolute atomic E-state index is 11.5. The molecule has 140 valence electrons. The van der Waals surface area contributed by atoms with Crippen LogP contribution in [-0.4, -0.2) is 94.8 Å². The third kappa shape index (κ3) is 8.02. The third-order valence-electron chi connectivity index (χ3n) is 3.36. The Morgan fingerprint density at radius 2 is 1.26 bits per heavy atom. The van der Waals surface area contributed by atoms with Crippen molar-refractivity contribution in [3.8, 4) is 0 Å². The molecule has 12 heteroatoms. The van der Waals surface area contributed by atoms with Crippen LogP contribution in [0.3, 0.4) is 0 Å². The van der Waals surface area contributed by atoms with Crippen molar-refractivity contribution >= 4 is 28.9 Å². The predicted octanol–water partition coefficient (Wildman–Crippen LogP) is -0.592. The summed E-state index contributed by atoms with van der Waals surface area (Å²) >= 11 is 0. The minimum Gasteiger partial charge on any atom is -0.377 e. The molecule has 9 nitrogen and oxygen atoms in total. The van der Waals surface area contributed by atoms with Crippen molar-refractivity contribution in [2.75, 3.05) is 60.5 Å². The molecule has 0 aromatic carbocycles. The van der Waals surface area contributed by atoms with Crippen LogP contribution in [0.1, 0.15) is 6.42 Å². The van der Waals surface area contributed by atoms with Gasteiger partial charge in [0.2, 0.25) is 20.0 Å². The van der Waals surface area contributed by atoms with E-state index in [4.69, 9.17) is 13.3 Å². The molecule has 0 spiro atoms. The van der Waals surface area contributed by atoms with Gasteiger partial charge in [0.15, 0.2) is 0 Å². The first-order valence-electron chi connectivity index (χ1n) is 6.93. The van der Waals surface area contributed by atoms with E-state index in [2.05, 4.69) is 0 Å². The van der Waals surface area contributed by atoms with Gasteiger partial charge >= 0.3 is 8.80 Å². The average molecular weight is 393 g/mol. The fourth-order valence-electron chi connectivity index (χ4n) is 2.06. The van der Waals surface area contributed by atoms with E-state index in [1.165, 1.54) is 0 Å². The smallest absolute Gasteiger partial charge is 0.377 e. The van der Waals surface area contributed by atoms with Crippen molar-refractivity contribution in [1.82, 2.24) is 8.61 Å². The van der Waals surface area contributed by atoms with Gasteiger partial charge in [-0.25, -0.2) is 16.8 Å². The number of sulfonamides is 2. The second-order valence-corrected chi connectivity index (χ2v) is 12.4. The largest absolute Gasteiger partial charge is 0.500 e. The lowest BCUT2D eigenvalue weighted by molar-refractivity contribution is 0.122. The highest BCUT2D eigenvalue weighted by atomic mass is 32.3. The zero-order valence-corrected chi connectivity index (χ0v) is 17.2. The van der Waals surface area contributed by atoms with Crippen molar-refractivity contribution in [2.24, 2.45) is 0 Å². The van der Waals surface area contributed by atoms with Crippen LogP contribution in [0.15, 0.2) is 0 Å². The molecule has 0 aliphatic rings. The first-order valence-corrected chi connectivity index (χ1v) is 12.6. The SMILES string of the molecule is CO[Si](CCCN(C)CCN(S(C)(=O)=O)S(C)(=O)=O)(OC)OC. The quantitative estimate of drug-likeness (QED) is 0.406. The lowest BCUT2D eigenvalue weighted by atomic mass is 10.4. The van der Waals surface area contributed by atoms with Gasteiger partial charge in [-0.05, 0) is 20.0 Å². The normalized spacial score (nSPS) is 13.9. The molecule has 0 rings (SSSR count). The molecule has 0 atom stereocenters. The summed E-state index contributed by atoms with van der Waals surface area (Å²) in [6, 6.07) is 0.614. The van der Waals surface area contributed by atoms with Crippen LogP contribution in [0.25, 0.3) is 0 Å². The average Bonchev–Trinajstić information content (AvgIpc) is 2.41. The van der Waals surface area contributed by atoms with E-state index in [1.807, 2.05) is 4.90 Å². The molecule has 0 aliphatic heterocycles. The Morgan fingerprint density at radius 3 is 1.61 bits per heavy atom. The lowest BCUT2D eigenvalue weighted by Gasteiger charge is -2.26. The van der Waals surface area contributed by atoms with E-state index in [0.29, 0.717) is 22.8 Å². The number of hydrogen-bond donors (Lipinski definition) is 0. The Kier molecular flexibility index (Phi) is 9.38. The van der Waals surface area contributed by atoms with Crippen molar-refractivity contribution < 1.29 is 30.1 Å². The van der Waals surface area contributed by atoms with E-state index >= 15 is 0 Å². The van der Waals surface area contributed by atoms with Crippen LogP contribution in [0.4, 0.5) is 0 Å². The van der Waals surface area contributed by atoms with Crippen LogP contribution in [-0.2, 0) is 33.3 Å². The first-order chi connectivity index (χ1) is 10.4. The van der Waals surface area contributed by atoms with Crippen molar-refractivity contribution in [3.63, 3.8) is 0 Å². The molecule has 0 aromatic rings. The number of hydrogen-bond acceptors (Lipinski definition) is 8. The van der Waals surface area contributed by atoms with Gasteiger partial charge < -0.3 is 18.2 Å². The Bertz CT molecular complexity index is 508. The minimum absolute atomic E-state index is 0.116. The molecule has 0 N–H and O–H groups in total. The van der Waals surface area contributed by atoms with Crippen LogP contribution in [0.5, 0.6) is 0 Å². The molecular weight excluding hydrogens is 364 g/mol. The first kappa shape index (κ1) is 22.9. The van der Waals surface area contributed by atoms with Gasteiger partial charge in [-0.15, -0.1) is 0 Å². The molecule has 0 radical (unpaired) electrons. The minimum atomic E-state index is -3.81. The fraction of sp³-hybridized carbons (Fsp3) is 1.00. The van der Waals surface area contributed by atoms with Gasteiger partial charge in [-0.2, -0.15) is 0 Å². The molecule has 0 heterocycles. The van der Waals surface area contributed by atoms with E-state index in [9.17, 15) is 16.8 Å². The lowest BCUT2D eigenvalue weighted by Crippen LogP contribution is -2.43. The van der Waals surface area contributed by atoms with Crippen LogP contribution < -0.4 is 0 Å². The van der Waals surface area contributed by atoms with Gasteiger partial charge in [-0.1, -0.05) is 3.71 Å². The highest BCUT2D eigenvalue weighted by molar-refractivity contribution is 8.03. The van der Waals surface area contributed by atoms with Crippen LogP contribution in [0, 0.1) is 0 Å². The summed E-state index contributed by atoms with van der Waals surface area (Å²) in [7, 11) is -3.82. The number of likely N-dealkylation sites (N-methyl/N-ethyl adjacent to an activating group) is 1. The highest BCUT2D eigenvalue weighted by Gasteiger charge is 2.37. The van der Waals surface area contributed by atoms with Crippen molar-refractivity contribution in [1.29, 1.82) is 0 Å². The number of rotatable bonds is 12. The van der Waals surface area contributed by atoms with Gasteiger partial charge in [0.25, 0.3) is 0 Å². The molecular formula is C11H28N2O7S2Si. The van der Waals surface area contributed by atoms with E-state index in [-0.39, 0.29) is 6.54 Å². The Morgan fingerprint density at radius 1 is 0.826 bits per heavy atom. The molecule has 0 aliphatic carbocycles. The molecule has 0 aromatic heterocycles. The Balaban J connectivity index is 4.49. The molecule has 0 saturated heterocycles. The second-order valence-electron chi connectivity index (χ2n) is 5.22. The van der Waals surface area contributed by atoms with E-state index in [0.717, 1.165) is 18.9 Å². The zero-order valence-electron chi connectivity index (χ0n) is 14.6. The third-order valence-corrected chi connectivity index (χ3v) is 9.66. The predicted molar refractivity (Wildman–Crippen MR) is 90.1 cm³/mol. The summed E-state index contributed by atoms with van der Waals surface area (Å²) < 4.78 is 62.6. The summed E-state index contributed by atoms with van der Waals surface area (Å²) in [6.45, 7) is 0.809. The molecule has 23 heavy (non-hydrogen) atoms. The summed E-state index contributed by atoms with van der Waals surface area (Å²) in [4.78, 5) is 1.85. The van der Waals surface area contributed by atoms with Crippen molar-refractivity contribution in [2.45, 2.75) is 12.5 Å². The summed E-state index contributed by atoms with van der Waals surface area (Å²) in [6.07, 6.45) is 2.48. The molecule has 0 fully saturated rings. The Labute approximate surface area is 141 Å². The van der Waals surface area contributed by atoms with Gasteiger partial charge in [0.05, 0.1) is 12.5 Å². The van der Waals surface area contributed by atoms with Crippen molar-refractivity contribution in [3.05, 3.63) is 0 Å². The maximum Gasteiger partial charge on any atom is 0.500 e. The monoisotopic (exact) mass is 392 g/mol. The van der Waals surface area contributed by atoms with Gasteiger partial charge in [0.1, 0.15) is 0 Å². The molecule has 0 amide bonds. The summed E-state index contributed by atoms with van der Waals surface area (Å²) in [5.41, 5.74) is 0. The van der Waals surface area contributed by atoms with Gasteiger partial charge in [0, 0.05) is 40.5 Å². The molecule has 0 unspecified atom stereocenters.